The van der Waals surface area contributed by atoms with E-state index in [9.17, 15) is 13.2 Å². The van der Waals surface area contributed by atoms with Crippen LogP contribution in [0.15, 0.2) is 59.5 Å². The van der Waals surface area contributed by atoms with Crippen LogP contribution in [0.3, 0.4) is 0 Å². The number of carbonyl (C=O) groups is 1. The Kier molecular flexibility index (Phi) is 5.77. The number of carbonyl (C=O) groups excluding carboxylic acids is 1. The largest absolute Gasteiger partial charge is 0.337 e. The standard InChI is InChI=1S/C21H24N2O3S/c1-17-8-10-20(18(2)16-17)27(25,26)23-14-12-22(13-15-23)21(24)11-9-19-6-4-3-5-7-19/h3-11,16H,12-15H2,1-2H3/b11-9+. The third-order valence-corrected chi connectivity index (χ3v) is 6.78. The summed E-state index contributed by atoms with van der Waals surface area (Å²) < 4.78 is 27.3. The fraction of sp³-hybridized carbons (Fsp3) is 0.286. The number of hydrogen-bond donors (Lipinski definition) is 0. The maximum absolute atomic E-state index is 12.9. The average Bonchev–Trinajstić information content (AvgIpc) is 2.66. The molecule has 27 heavy (non-hydrogen) atoms. The van der Waals surface area contributed by atoms with E-state index < -0.39 is 10.0 Å². The summed E-state index contributed by atoms with van der Waals surface area (Å²) in [6, 6.07) is 15.0. The van der Waals surface area contributed by atoms with Gasteiger partial charge in [-0.15, -0.1) is 0 Å². The van der Waals surface area contributed by atoms with Gasteiger partial charge in [-0.05, 0) is 37.1 Å². The van der Waals surface area contributed by atoms with Crippen molar-refractivity contribution in [3.8, 4) is 0 Å². The molecule has 1 aliphatic heterocycles. The van der Waals surface area contributed by atoms with Crippen molar-refractivity contribution in [3.05, 3.63) is 71.3 Å². The number of aryl methyl sites for hydroxylation is 2. The average molecular weight is 385 g/mol. The molecule has 0 saturated carbocycles. The molecule has 1 heterocycles. The Hall–Kier alpha value is -2.44. The highest BCUT2D eigenvalue weighted by atomic mass is 32.2. The number of hydrogen-bond acceptors (Lipinski definition) is 3. The van der Waals surface area contributed by atoms with E-state index in [-0.39, 0.29) is 5.91 Å². The quantitative estimate of drug-likeness (QED) is 0.762. The van der Waals surface area contributed by atoms with Gasteiger partial charge in [-0.1, -0.05) is 48.0 Å². The summed E-state index contributed by atoms with van der Waals surface area (Å²) in [7, 11) is -3.54. The molecule has 1 fully saturated rings. The molecule has 0 aromatic heterocycles. The third-order valence-electron chi connectivity index (χ3n) is 4.72. The first-order valence-corrected chi connectivity index (χ1v) is 10.4. The van der Waals surface area contributed by atoms with Crippen LogP contribution in [0.2, 0.25) is 0 Å². The monoisotopic (exact) mass is 384 g/mol. The molecule has 142 valence electrons. The molecule has 0 bridgehead atoms. The zero-order chi connectivity index (χ0) is 19.4. The van der Waals surface area contributed by atoms with E-state index in [1.165, 1.54) is 4.31 Å². The first-order valence-electron chi connectivity index (χ1n) is 8.97. The normalized spacial score (nSPS) is 16.0. The Morgan fingerprint density at radius 1 is 0.963 bits per heavy atom. The van der Waals surface area contributed by atoms with Gasteiger partial charge in [0.1, 0.15) is 0 Å². The van der Waals surface area contributed by atoms with Crippen LogP contribution in [0.4, 0.5) is 0 Å². The summed E-state index contributed by atoms with van der Waals surface area (Å²) in [5.41, 5.74) is 2.74. The predicted octanol–water partition coefficient (Wildman–Crippen LogP) is 2.85. The van der Waals surface area contributed by atoms with Gasteiger partial charge in [0.05, 0.1) is 4.90 Å². The van der Waals surface area contributed by atoms with Crippen LogP contribution in [0.25, 0.3) is 6.08 Å². The Balaban J connectivity index is 1.64. The molecular weight excluding hydrogens is 360 g/mol. The minimum Gasteiger partial charge on any atom is -0.337 e. The molecule has 0 aliphatic carbocycles. The van der Waals surface area contributed by atoms with Gasteiger partial charge in [0.25, 0.3) is 0 Å². The molecule has 6 heteroatoms. The molecule has 0 atom stereocenters. The van der Waals surface area contributed by atoms with Crippen molar-refractivity contribution in [2.24, 2.45) is 0 Å². The van der Waals surface area contributed by atoms with Gasteiger partial charge < -0.3 is 4.90 Å². The van der Waals surface area contributed by atoms with E-state index in [0.29, 0.717) is 31.1 Å². The highest BCUT2D eigenvalue weighted by Crippen LogP contribution is 2.22. The van der Waals surface area contributed by atoms with Gasteiger partial charge in [-0.2, -0.15) is 4.31 Å². The van der Waals surface area contributed by atoms with Gasteiger partial charge in [0.15, 0.2) is 0 Å². The lowest BCUT2D eigenvalue weighted by Gasteiger charge is -2.33. The SMILES string of the molecule is Cc1ccc(S(=O)(=O)N2CCN(C(=O)/C=C/c3ccccc3)CC2)c(C)c1. The van der Waals surface area contributed by atoms with Crippen molar-refractivity contribution < 1.29 is 13.2 Å². The predicted molar refractivity (Wildman–Crippen MR) is 107 cm³/mol. The number of piperazine rings is 1. The number of amides is 1. The number of benzene rings is 2. The molecule has 1 aliphatic rings. The Morgan fingerprint density at radius 3 is 2.26 bits per heavy atom. The van der Waals surface area contributed by atoms with Gasteiger partial charge in [0.2, 0.25) is 15.9 Å². The Labute approximate surface area is 161 Å². The number of nitrogens with zero attached hydrogens (tertiary/aromatic N) is 2. The molecular formula is C21H24N2O3S. The molecule has 0 spiro atoms. The second-order valence-electron chi connectivity index (χ2n) is 6.74. The van der Waals surface area contributed by atoms with Gasteiger partial charge in [-0.3, -0.25) is 4.79 Å². The first kappa shape index (κ1) is 19.3. The lowest BCUT2D eigenvalue weighted by Crippen LogP contribution is -2.50. The zero-order valence-electron chi connectivity index (χ0n) is 15.6. The summed E-state index contributed by atoms with van der Waals surface area (Å²) in [6.45, 7) is 5.15. The fourth-order valence-electron chi connectivity index (χ4n) is 3.21. The summed E-state index contributed by atoms with van der Waals surface area (Å²) >= 11 is 0. The van der Waals surface area contributed by atoms with Crippen LogP contribution >= 0.6 is 0 Å². The minimum atomic E-state index is -3.54. The van der Waals surface area contributed by atoms with Crippen molar-refractivity contribution in [1.82, 2.24) is 9.21 Å². The molecule has 1 saturated heterocycles. The Bertz CT molecular complexity index is 945. The summed E-state index contributed by atoms with van der Waals surface area (Å²) in [5, 5.41) is 0. The fourth-order valence-corrected chi connectivity index (χ4v) is 4.84. The van der Waals surface area contributed by atoms with Crippen LogP contribution in [0.1, 0.15) is 16.7 Å². The lowest BCUT2D eigenvalue weighted by molar-refractivity contribution is -0.127. The molecule has 0 unspecified atom stereocenters. The van der Waals surface area contributed by atoms with Gasteiger partial charge >= 0.3 is 0 Å². The number of sulfonamides is 1. The smallest absolute Gasteiger partial charge is 0.246 e. The van der Waals surface area contributed by atoms with Crippen molar-refractivity contribution >= 4 is 22.0 Å². The van der Waals surface area contributed by atoms with Crippen LogP contribution in [-0.2, 0) is 14.8 Å². The summed E-state index contributed by atoms with van der Waals surface area (Å²) in [5.74, 6) is -0.0950. The van der Waals surface area contributed by atoms with Crippen molar-refractivity contribution in [2.75, 3.05) is 26.2 Å². The van der Waals surface area contributed by atoms with Crippen LogP contribution < -0.4 is 0 Å². The molecule has 0 N–H and O–H groups in total. The van der Waals surface area contributed by atoms with E-state index in [1.807, 2.05) is 56.3 Å². The first-order chi connectivity index (χ1) is 12.9. The van der Waals surface area contributed by atoms with Gasteiger partial charge in [0, 0.05) is 32.3 Å². The van der Waals surface area contributed by atoms with E-state index >= 15 is 0 Å². The molecule has 5 nitrogen and oxygen atoms in total. The zero-order valence-corrected chi connectivity index (χ0v) is 16.4. The van der Waals surface area contributed by atoms with Crippen molar-refractivity contribution in [1.29, 1.82) is 0 Å². The minimum absolute atomic E-state index is 0.0950. The van der Waals surface area contributed by atoms with Crippen molar-refractivity contribution in [2.45, 2.75) is 18.7 Å². The van der Waals surface area contributed by atoms with Crippen LogP contribution in [0.5, 0.6) is 0 Å². The number of rotatable bonds is 4. The molecule has 0 radical (unpaired) electrons. The maximum Gasteiger partial charge on any atom is 0.246 e. The van der Waals surface area contributed by atoms with Crippen molar-refractivity contribution in [3.63, 3.8) is 0 Å². The lowest BCUT2D eigenvalue weighted by atomic mass is 10.2. The van der Waals surface area contributed by atoms with Gasteiger partial charge in [-0.25, -0.2) is 8.42 Å². The molecule has 2 aromatic rings. The van der Waals surface area contributed by atoms with Crippen LogP contribution in [-0.4, -0.2) is 49.7 Å². The maximum atomic E-state index is 12.9. The molecule has 3 rings (SSSR count). The van der Waals surface area contributed by atoms with E-state index in [1.54, 1.807) is 23.1 Å². The van der Waals surface area contributed by atoms with E-state index in [2.05, 4.69) is 0 Å². The van der Waals surface area contributed by atoms with Crippen LogP contribution in [0, 0.1) is 13.8 Å². The molecule has 1 amide bonds. The second-order valence-corrected chi connectivity index (χ2v) is 8.65. The highest BCUT2D eigenvalue weighted by Gasteiger charge is 2.30. The second kappa shape index (κ2) is 8.06. The third kappa shape index (κ3) is 4.46. The summed E-state index contributed by atoms with van der Waals surface area (Å²) in [4.78, 5) is 14.4. The molecule has 2 aromatic carbocycles. The van der Waals surface area contributed by atoms with E-state index in [0.717, 1.165) is 16.7 Å². The topological polar surface area (TPSA) is 57.7 Å². The highest BCUT2D eigenvalue weighted by molar-refractivity contribution is 7.89. The Morgan fingerprint density at radius 2 is 1.63 bits per heavy atom. The summed E-state index contributed by atoms with van der Waals surface area (Å²) in [6.07, 6.45) is 3.32. The van der Waals surface area contributed by atoms with E-state index in [4.69, 9.17) is 0 Å².